The summed E-state index contributed by atoms with van der Waals surface area (Å²) in [6.45, 7) is 3.03. The number of hydrogen-bond donors (Lipinski definition) is 1. The highest BCUT2D eigenvalue weighted by Gasteiger charge is 2.23. The van der Waals surface area contributed by atoms with Crippen LogP contribution < -0.4 is 4.72 Å². The SMILES string of the molecule is Cc1ncc(S(=O)(=O)Nc2cc(C3CCOCC3)nn2C)cc1C#N. The van der Waals surface area contributed by atoms with Gasteiger partial charge in [-0.2, -0.15) is 10.4 Å². The van der Waals surface area contributed by atoms with Gasteiger partial charge in [-0.25, -0.2) is 8.42 Å². The number of aromatic nitrogens is 3. The molecular weight excluding hydrogens is 342 g/mol. The molecule has 3 rings (SSSR count). The number of sulfonamides is 1. The molecule has 2 aromatic heterocycles. The fourth-order valence-corrected chi connectivity index (χ4v) is 3.80. The number of aryl methyl sites for hydroxylation is 2. The maximum absolute atomic E-state index is 12.6. The van der Waals surface area contributed by atoms with Crippen molar-refractivity contribution in [1.29, 1.82) is 5.26 Å². The van der Waals surface area contributed by atoms with E-state index < -0.39 is 10.0 Å². The second kappa shape index (κ2) is 6.82. The summed E-state index contributed by atoms with van der Waals surface area (Å²) in [6, 6.07) is 5.02. The molecule has 25 heavy (non-hydrogen) atoms. The van der Waals surface area contributed by atoms with Crippen LogP contribution in [0.15, 0.2) is 23.2 Å². The summed E-state index contributed by atoms with van der Waals surface area (Å²) in [5.41, 5.74) is 1.57. The summed E-state index contributed by atoms with van der Waals surface area (Å²) in [4.78, 5) is 3.93. The Balaban J connectivity index is 1.86. The molecule has 0 amide bonds. The van der Waals surface area contributed by atoms with Gasteiger partial charge in [0.2, 0.25) is 0 Å². The quantitative estimate of drug-likeness (QED) is 0.887. The lowest BCUT2D eigenvalue weighted by atomic mass is 9.97. The average Bonchev–Trinajstić information content (AvgIpc) is 2.96. The lowest BCUT2D eigenvalue weighted by molar-refractivity contribution is 0.0844. The van der Waals surface area contributed by atoms with Gasteiger partial charge in [0.15, 0.2) is 0 Å². The van der Waals surface area contributed by atoms with E-state index in [-0.39, 0.29) is 16.4 Å². The van der Waals surface area contributed by atoms with Crippen LogP contribution in [0.2, 0.25) is 0 Å². The molecule has 0 atom stereocenters. The van der Waals surface area contributed by atoms with Crippen LogP contribution in [0.5, 0.6) is 0 Å². The van der Waals surface area contributed by atoms with E-state index in [1.165, 1.54) is 16.9 Å². The average molecular weight is 361 g/mol. The van der Waals surface area contributed by atoms with Crippen LogP contribution in [-0.2, 0) is 21.8 Å². The Morgan fingerprint density at radius 3 is 2.76 bits per heavy atom. The minimum atomic E-state index is -3.85. The van der Waals surface area contributed by atoms with Crippen LogP contribution in [-0.4, -0.2) is 36.4 Å². The Morgan fingerprint density at radius 2 is 2.08 bits per heavy atom. The van der Waals surface area contributed by atoms with Gasteiger partial charge in [-0.3, -0.25) is 14.4 Å². The molecule has 3 heterocycles. The van der Waals surface area contributed by atoms with Crippen molar-refractivity contribution < 1.29 is 13.2 Å². The molecule has 8 nitrogen and oxygen atoms in total. The number of ether oxygens (including phenoxy) is 1. The first-order valence-corrected chi connectivity index (χ1v) is 9.40. The summed E-state index contributed by atoms with van der Waals surface area (Å²) in [6.07, 6.45) is 2.99. The van der Waals surface area contributed by atoms with E-state index in [4.69, 9.17) is 10.00 Å². The second-order valence-corrected chi connectivity index (χ2v) is 7.67. The normalized spacial score (nSPS) is 15.7. The second-order valence-electron chi connectivity index (χ2n) is 5.99. The number of hydrogen-bond acceptors (Lipinski definition) is 6. The zero-order valence-corrected chi connectivity index (χ0v) is 14.9. The largest absolute Gasteiger partial charge is 0.381 e. The van der Waals surface area contributed by atoms with Gasteiger partial charge in [0.25, 0.3) is 10.0 Å². The van der Waals surface area contributed by atoms with Crippen molar-refractivity contribution in [2.75, 3.05) is 17.9 Å². The maximum atomic E-state index is 12.6. The summed E-state index contributed by atoms with van der Waals surface area (Å²) < 4.78 is 34.6. The van der Waals surface area contributed by atoms with E-state index in [1.54, 1.807) is 20.0 Å². The number of nitrogens with zero attached hydrogens (tertiary/aromatic N) is 4. The monoisotopic (exact) mass is 361 g/mol. The highest BCUT2D eigenvalue weighted by Crippen LogP contribution is 2.28. The Labute approximate surface area is 146 Å². The highest BCUT2D eigenvalue weighted by molar-refractivity contribution is 7.92. The van der Waals surface area contributed by atoms with Crippen LogP contribution in [0.1, 0.15) is 35.7 Å². The summed E-state index contributed by atoms with van der Waals surface area (Å²) in [5, 5.41) is 13.5. The van der Waals surface area contributed by atoms with Crippen molar-refractivity contribution in [2.45, 2.75) is 30.6 Å². The molecule has 132 valence electrons. The van der Waals surface area contributed by atoms with Crippen molar-refractivity contribution in [3.05, 3.63) is 35.3 Å². The highest BCUT2D eigenvalue weighted by atomic mass is 32.2. The predicted octanol–water partition coefficient (Wildman–Crippen LogP) is 1.69. The Morgan fingerprint density at radius 1 is 1.36 bits per heavy atom. The molecule has 2 aromatic rings. The topological polar surface area (TPSA) is 110 Å². The van der Waals surface area contributed by atoms with Gasteiger partial charge in [-0.1, -0.05) is 0 Å². The predicted molar refractivity (Wildman–Crippen MR) is 90.5 cm³/mol. The molecule has 0 bridgehead atoms. The molecule has 9 heteroatoms. The van der Waals surface area contributed by atoms with Crippen LogP contribution in [0.4, 0.5) is 5.82 Å². The van der Waals surface area contributed by atoms with Gasteiger partial charge in [-0.15, -0.1) is 0 Å². The van der Waals surface area contributed by atoms with Crippen LogP contribution in [0.25, 0.3) is 0 Å². The molecule has 1 N–H and O–H groups in total. The van der Waals surface area contributed by atoms with Crippen LogP contribution >= 0.6 is 0 Å². The lowest BCUT2D eigenvalue weighted by Crippen LogP contribution is -2.16. The van der Waals surface area contributed by atoms with Crippen molar-refractivity contribution in [3.63, 3.8) is 0 Å². The van der Waals surface area contributed by atoms with Crippen molar-refractivity contribution in [3.8, 4) is 6.07 Å². The number of nitriles is 1. The molecular formula is C16H19N5O3S. The first-order chi connectivity index (χ1) is 11.9. The number of pyridine rings is 1. The van der Waals surface area contributed by atoms with E-state index in [0.29, 0.717) is 24.7 Å². The number of anilines is 1. The molecule has 0 radical (unpaired) electrons. The summed E-state index contributed by atoms with van der Waals surface area (Å²) in [7, 11) is -2.16. The molecule has 0 saturated carbocycles. The van der Waals surface area contributed by atoms with Gasteiger partial charge in [0, 0.05) is 38.4 Å². The molecule has 0 unspecified atom stereocenters. The van der Waals surface area contributed by atoms with Crippen molar-refractivity contribution in [2.24, 2.45) is 7.05 Å². The van der Waals surface area contributed by atoms with E-state index in [1.807, 2.05) is 6.07 Å². The molecule has 0 spiro atoms. The third kappa shape index (κ3) is 3.65. The minimum absolute atomic E-state index is 0.0523. The first kappa shape index (κ1) is 17.4. The van der Waals surface area contributed by atoms with Crippen molar-refractivity contribution >= 4 is 15.8 Å². The van der Waals surface area contributed by atoms with Gasteiger partial charge in [0.1, 0.15) is 16.8 Å². The van der Waals surface area contributed by atoms with Crippen LogP contribution in [0, 0.1) is 18.3 Å². The molecule has 0 aliphatic carbocycles. The van der Waals surface area contributed by atoms with Gasteiger partial charge >= 0.3 is 0 Å². The van der Waals surface area contributed by atoms with Crippen molar-refractivity contribution in [1.82, 2.24) is 14.8 Å². The number of rotatable bonds is 4. The van der Waals surface area contributed by atoms with E-state index in [9.17, 15) is 8.42 Å². The summed E-state index contributed by atoms with van der Waals surface area (Å²) in [5.74, 6) is 0.644. The zero-order chi connectivity index (χ0) is 18.0. The fraction of sp³-hybridized carbons (Fsp3) is 0.438. The maximum Gasteiger partial charge on any atom is 0.264 e. The van der Waals surface area contributed by atoms with Gasteiger partial charge in [-0.05, 0) is 25.8 Å². The Hall–Kier alpha value is -2.44. The standard InChI is InChI=1S/C16H19N5O3S/c1-11-13(9-17)7-14(10-18-11)25(22,23)20-16-8-15(19-21(16)2)12-3-5-24-6-4-12/h7-8,10,12,20H,3-6H2,1-2H3. The van der Waals surface area contributed by atoms with E-state index in [0.717, 1.165) is 18.5 Å². The molecule has 1 saturated heterocycles. The molecule has 1 aliphatic heterocycles. The summed E-state index contributed by atoms with van der Waals surface area (Å²) >= 11 is 0. The fourth-order valence-electron chi connectivity index (χ4n) is 2.75. The van der Waals surface area contributed by atoms with Gasteiger partial charge < -0.3 is 4.74 Å². The smallest absolute Gasteiger partial charge is 0.264 e. The Kier molecular flexibility index (Phi) is 4.74. The lowest BCUT2D eigenvalue weighted by Gasteiger charge is -2.19. The zero-order valence-electron chi connectivity index (χ0n) is 14.1. The van der Waals surface area contributed by atoms with Crippen LogP contribution in [0.3, 0.4) is 0 Å². The molecule has 1 fully saturated rings. The minimum Gasteiger partial charge on any atom is -0.381 e. The molecule has 1 aliphatic rings. The third-order valence-electron chi connectivity index (χ3n) is 4.27. The Bertz CT molecular complexity index is 924. The van der Waals surface area contributed by atoms with E-state index in [2.05, 4.69) is 14.8 Å². The first-order valence-electron chi connectivity index (χ1n) is 7.92. The third-order valence-corrected chi connectivity index (χ3v) is 5.59. The van der Waals surface area contributed by atoms with Gasteiger partial charge in [0.05, 0.1) is 17.0 Å². The number of nitrogens with one attached hydrogen (secondary N) is 1. The molecule has 0 aromatic carbocycles. The van der Waals surface area contributed by atoms with E-state index >= 15 is 0 Å².